The lowest BCUT2D eigenvalue weighted by atomic mass is 10.0. The Labute approximate surface area is 215 Å². The number of carboxylic acid groups (broad SMARTS) is 1. The minimum atomic E-state index is -1.16. The largest absolute Gasteiger partial charge is 0.508 e. The van der Waals surface area contributed by atoms with Gasteiger partial charge in [-0.2, -0.15) is 24.4 Å². The van der Waals surface area contributed by atoms with E-state index in [1.165, 1.54) is 23.9 Å². The molecule has 10 nitrogen and oxygen atoms in total. The molecule has 0 aliphatic rings. The van der Waals surface area contributed by atoms with Crippen LogP contribution in [0.1, 0.15) is 32.3 Å². The van der Waals surface area contributed by atoms with Gasteiger partial charge in [-0.1, -0.05) is 26.0 Å². The maximum Gasteiger partial charge on any atom is 0.326 e. The molecule has 0 saturated carbocycles. The van der Waals surface area contributed by atoms with Crippen molar-refractivity contribution in [3.63, 3.8) is 0 Å². The number of phenols is 1. The van der Waals surface area contributed by atoms with Gasteiger partial charge in [0.1, 0.15) is 23.9 Å². The smallest absolute Gasteiger partial charge is 0.326 e. The molecule has 0 aliphatic carbocycles. The number of benzene rings is 1. The van der Waals surface area contributed by atoms with E-state index >= 15 is 0 Å². The molecule has 4 atom stereocenters. The Morgan fingerprint density at radius 3 is 2.03 bits per heavy atom. The van der Waals surface area contributed by atoms with Gasteiger partial charge in [0.25, 0.3) is 0 Å². The highest BCUT2D eigenvalue weighted by Gasteiger charge is 2.30. The summed E-state index contributed by atoms with van der Waals surface area (Å²) in [6, 6.07) is 2.24. The van der Waals surface area contributed by atoms with Crippen molar-refractivity contribution in [2.45, 2.75) is 57.3 Å². The number of carboxylic acids is 1. The Hall–Kier alpha value is -2.44. The zero-order valence-electron chi connectivity index (χ0n) is 20.2. The Kier molecular flexibility index (Phi) is 13.6. The van der Waals surface area contributed by atoms with E-state index in [1.807, 2.05) is 20.1 Å². The van der Waals surface area contributed by atoms with Gasteiger partial charge in [-0.15, -0.1) is 0 Å². The number of hydrogen-bond donors (Lipinski definition) is 7. The number of phenolic OH excluding ortho intramolecular Hbond substituents is 1. The molecule has 1 aromatic rings. The van der Waals surface area contributed by atoms with Crippen molar-refractivity contribution in [3.8, 4) is 5.75 Å². The standard InChI is InChI=1S/C23H36N4O6S2/c1-13(2)10-18(26-20(29)16(24)11-14-4-6-15(28)7-5-14)21(30)27-19(12-34)22(31)25-17(23(32)33)8-9-35-3/h4-7,13,16-19,28,34H,8-12,24H2,1-3H3,(H,25,31)(H,26,29)(H,27,30)(H,32,33). The molecule has 35 heavy (non-hydrogen) atoms. The first kappa shape index (κ1) is 30.6. The molecule has 0 aliphatic heterocycles. The Bertz CT molecular complexity index is 853. The number of rotatable bonds is 15. The summed E-state index contributed by atoms with van der Waals surface area (Å²) in [6.45, 7) is 3.77. The van der Waals surface area contributed by atoms with E-state index in [0.717, 1.165) is 5.56 Å². The maximum atomic E-state index is 13.0. The molecule has 196 valence electrons. The first-order valence-corrected chi connectivity index (χ1v) is 13.3. The van der Waals surface area contributed by atoms with Crippen LogP contribution in [0.25, 0.3) is 0 Å². The second-order valence-corrected chi connectivity index (χ2v) is 9.94. The number of carbonyl (C=O) groups excluding carboxylic acids is 3. The van der Waals surface area contributed by atoms with Crippen LogP contribution in [0.4, 0.5) is 0 Å². The lowest BCUT2D eigenvalue weighted by Crippen LogP contribution is -2.58. The fraction of sp³-hybridized carbons (Fsp3) is 0.565. The summed E-state index contributed by atoms with van der Waals surface area (Å²) < 4.78 is 0. The summed E-state index contributed by atoms with van der Waals surface area (Å²) in [6.07, 6.45) is 2.57. The van der Waals surface area contributed by atoms with Gasteiger partial charge in [-0.3, -0.25) is 14.4 Å². The summed E-state index contributed by atoms with van der Waals surface area (Å²) in [5.41, 5.74) is 6.77. The number of nitrogens with two attached hydrogens (primary N) is 1. The van der Waals surface area contributed by atoms with E-state index in [1.54, 1.807) is 12.1 Å². The Balaban J connectivity index is 2.83. The molecule has 4 unspecified atom stereocenters. The fourth-order valence-electron chi connectivity index (χ4n) is 3.19. The maximum absolute atomic E-state index is 13.0. The van der Waals surface area contributed by atoms with Crippen LogP contribution in [-0.4, -0.2) is 75.8 Å². The van der Waals surface area contributed by atoms with Gasteiger partial charge < -0.3 is 31.9 Å². The molecule has 0 spiro atoms. The van der Waals surface area contributed by atoms with E-state index in [9.17, 15) is 29.4 Å². The summed E-state index contributed by atoms with van der Waals surface area (Å²) in [5.74, 6) is -2.32. The molecule has 12 heteroatoms. The fourth-order valence-corrected chi connectivity index (χ4v) is 3.92. The lowest BCUT2D eigenvalue weighted by molar-refractivity contribution is -0.142. The van der Waals surface area contributed by atoms with Gasteiger partial charge in [-0.05, 0) is 54.9 Å². The third-order valence-corrected chi connectivity index (χ3v) is 6.12. The first-order valence-electron chi connectivity index (χ1n) is 11.3. The van der Waals surface area contributed by atoms with Crippen LogP contribution in [0, 0.1) is 5.92 Å². The van der Waals surface area contributed by atoms with Gasteiger partial charge in [0.2, 0.25) is 17.7 Å². The van der Waals surface area contributed by atoms with Gasteiger partial charge in [0.05, 0.1) is 6.04 Å². The molecule has 0 heterocycles. The molecule has 1 aromatic carbocycles. The number of nitrogens with one attached hydrogen (secondary N) is 3. The van der Waals surface area contributed by atoms with Crippen molar-refractivity contribution in [3.05, 3.63) is 29.8 Å². The van der Waals surface area contributed by atoms with Crippen LogP contribution in [0.5, 0.6) is 5.75 Å². The number of thiol groups is 1. The van der Waals surface area contributed by atoms with Crippen LogP contribution in [0.3, 0.4) is 0 Å². The van der Waals surface area contributed by atoms with Gasteiger partial charge in [0.15, 0.2) is 0 Å². The van der Waals surface area contributed by atoms with Crippen LogP contribution in [0.15, 0.2) is 24.3 Å². The number of aromatic hydroxyl groups is 1. The monoisotopic (exact) mass is 528 g/mol. The number of aliphatic carboxylic acids is 1. The Morgan fingerprint density at radius 2 is 1.51 bits per heavy atom. The average Bonchev–Trinajstić information content (AvgIpc) is 2.80. The summed E-state index contributed by atoms with van der Waals surface area (Å²) >= 11 is 5.58. The van der Waals surface area contributed by atoms with E-state index in [2.05, 4.69) is 28.6 Å². The molecule has 0 saturated heterocycles. The van der Waals surface area contributed by atoms with Crippen molar-refractivity contribution in [2.75, 3.05) is 17.8 Å². The average molecular weight is 529 g/mol. The van der Waals surface area contributed by atoms with Crippen molar-refractivity contribution >= 4 is 48.1 Å². The van der Waals surface area contributed by atoms with Crippen LogP contribution >= 0.6 is 24.4 Å². The topological polar surface area (TPSA) is 171 Å². The van der Waals surface area contributed by atoms with Crippen LogP contribution in [0.2, 0.25) is 0 Å². The molecule has 0 bridgehead atoms. The zero-order chi connectivity index (χ0) is 26.5. The minimum absolute atomic E-state index is 0.0468. The normalized spacial score (nSPS) is 14.5. The van der Waals surface area contributed by atoms with Gasteiger partial charge in [0, 0.05) is 5.75 Å². The number of amides is 3. The van der Waals surface area contributed by atoms with E-state index in [4.69, 9.17) is 5.73 Å². The second-order valence-electron chi connectivity index (χ2n) is 8.59. The highest BCUT2D eigenvalue weighted by atomic mass is 32.2. The molecule has 1 rings (SSSR count). The van der Waals surface area contributed by atoms with Gasteiger partial charge >= 0.3 is 5.97 Å². The van der Waals surface area contributed by atoms with Crippen LogP contribution in [-0.2, 0) is 25.6 Å². The predicted molar refractivity (Wildman–Crippen MR) is 140 cm³/mol. The SMILES string of the molecule is CSCCC(NC(=O)C(CS)NC(=O)C(CC(C)C)NC(=O)C(N)Cc1ccc(O)cc1)C(=O)O. The Morgan fingerprint density at radius 1 is 0.971 bits per heavy atom. The molecule has 7 N–H and O–H groups in total. The van der Waals surface area contributed by atoms with Crippen molar-refractivity contribution in [2.24, 2.45) is 11.7 Å². The van der Waals surface area contributed by atoms with Crippen molar-refractivity contribution < 1.29 is 29.4 Å². The minimum Gasteiger partial charge on any atom is -0.508 e. The van der Waals surface area contributed by atoms with Crippen LogP contribution < -0.4 is 21.7 Å². The lowest BCUT2D eigenvalue weighted by Gasteiger charge is -2.25. The number of hydrogen-bond acceptors (Lipinski definition) is 8. The molecular weight excluding hydrogens is 492 g/mol. The quantitative estimate of drug-likeness (QED) is 0.162. The molecule has 0 fully saturated rings. The zero-order valence-corrected chi connectivity index (χ0v) is 21.9. The predicted octanol–water partition coefficient (Wildman–Crippen LogP) is 0.530. The summed E-state index contributed by atoms with van der Waals surface area (Å²) in [5, 5.41) is 26.4. The first-order chi connectivity index (χ1) is 16.5. The highest BCUT2D eigenvalue weighted by Crippen LogP contribution is 2.12. The third-order valence-electron chi connectivity index (χ3n) is 5.11. The van der Waals surface area contributed by atoms with E-state index in [-0.39, 0.29) is 30.3 Å². The van der Waals surface area contributed by atoms with E-state index in [0.29, 0.717) is 12.2 Å². The second kappa shape index (κ2) is 15.5. The highest BCUT2D eigenvalue weighted by molar-refractivity contribution is 7.98. The van der Waals surface area contributed by atoms with Crippen molar-refractivity contribution in [1.29, 1.82) is 0 Å². The third kappa shape index (κ3) is 11.2. The number of carbonyl (C=O) groups is 4. The molecular formula is C23H36N4O6S2. The van der Waals surface area contributed by atoms with Crippen molar-refractivity contribution in [1.82, 2.24) is 16.0 Å². The van der Waals surface area contributed by atoms with E-state index < -0.39 is 47.9 Å². The summed E-state index contributed by atoms with van der Waals surface area (Å²) in [7, 11) is 0. The molecule has 0 aromatic heterocycles. The summed E-state index contributed by atoms with van der Waals surface area (Å²) in [4.78, 5) is 49.7. The number of thioether (sulfide) groups is 1. The molecule has 0 radical (unpaired) electrons. The van der Waals surface area contributed by atoms with Gasteiger partial charge in [-0.25, -0.2) is 4.79 Å². The molecule has 3 amide bonds.